The Hall–Kier alpha value is -2.25. The fourth-order valence-electron chi connectivity index (χ4n) is 5.46. The molecular formula is C26H35F3N4O4S. The first-order valence-electron chi connectivity index (χ1n) is 12.8. The second kappa shape index (κ2) is 11.9. The summed E-state index contributed by atoms with van der Waals surface area (Å²) in [7, 11) is -2.95. The van der Waals surface area contributed by atoms with E-state index in [1.54, 1.807) is 18.3 Å². The van der Waals surface area contributed by atoms with E-state index in [0.717, 1.165) is 44.5 Å². The van der Waals surface area contributed by atoms with Crippen molar-refractivity contribution in [3.05, 3.63) is 53.9 Å². The molecule has 1 aromatic carbocycles. The number of piperidine rings is 1. The minimum absolute atomic E-state index is 0.0124. The number of sulfonamides is 1. The monoisotopic (exact) mass is 556 g/mol. The van der Waals surface area contributed by atoms with Crippen LogP contribution in [0.5, 0.6) is 0 Å². The molecule has 0 amide bonds. The van der Waals surface area contributed by atoms with Crippen LogP contribution in [0.1, 0.15) is 43.4 Å². The highest BCUT2D eigenvalue weighted by molar-refractivity contribution is 7.89. The molecule has 38 heavy (non-hydrogen) atoms. The summed E-state index contributed by atoms with van der Waals surface area (Å²) in [5.74, 6) is 0. The lowest BCUT2D eigenvalue weighted by Gasteiger charge is -2.50. The molecule has 1 aromatic heterocycles. The van der Waals surface area contributed by atoms with Gasteiger partial charge in [0.25, 0.3) is 0 Å². The summed E-state index contributed by atoms with van der Waals surface area (Å²) in [6.45, 7) is 6.24. The molecule has 0 saturated carbocycles. The van der Waals surface area contributed by atoms with Crippen LogP contribution in [0.15, 0.2) is 47.6 Å². The molecule has 1 N–H and O–H groups in total. The number of morpholine rings is 1. The van der Waals surface area contributed by atoms with Gasteiger partial charge in [-0.2, -0.15) is 13.2 Å². The third kappa shape index (κ3) is 6.31. The molecule has 1 atom stereocenters. The Morgan fingerprint density at radius 3 is 2.45 bits per heavy atom. The van der Waals surface area contributed by atoms with Gasteiger partial charge < -0.3 is 14.4 Å². The fourth-order valence-corrected chi connectivity index (χ4v) is 6.92. The van der Waals surface area contributed by atoms with Gasteiger partial charge in [-0.15, -0.1) is 0 Å². The van der Waals surface area contributed by atoms with Crippen LogP contribution in [-0.2, 0) is 25.7 Å². The third-order valence-electron chi connectivity index (χ3n) is 7.67. The zero-order valence-corrected chi connectivity index (χ0v) is 22.5. The lowest BCUT2D eigenvalue weighted by atomic mass is 9.82. The summed E-state index contributed by atoms with van der Waals surface area (Å²) in [6.07, 6.45) is 0.854. The van der Waals surface area contributed by atoms with Gasteiger partial charge in [-0.1, -0.05) is 13.0 Å². The Morgan fingerprint density at radius 1 is 1.16 bits per heavy atom. The van der Waals surface area contributed by atoms with Gasteiger partial charge >= 0.3 is 6.18 Å². The van der Waals surface area contributed by atoms with Crippen LogP contribution in [-0.4, -0.2) is 77.0 Å². The van der Waals surface area contributed by atoms with Crippen molar-refractivity contribution in [2.75, 3.05) is 58.0 Å². The van der Waals surface area contributed by atoms with E-state index in [0.29, 0.717) is 31.9 Å². The van der Waals surface area contributed by atoms with Gasteiger partial charge in [-0.05, 0) is 49.1 Å². The van der Waals surface area contributed by atoms with Gasteiger partial charge in [0.05, 0.1) is 37.1 Å². The smallest absolute Gasteiger partial charge is 0.383 e. The highest BCUT2D eigenvalue weighted by atomic mass is 32.2. The number of ether oxygens (including phenoxy) is 2. The van der Waals surface area contributed by atoms with Gasteiger partial charge in [-0.3, -0.25) is 9.88 Å². The van der Waals surface area contributed by atoms with Crippen molar-refractivity contribution >= 4 is 15.7 Å². The summed E-state index contributed by atoms with van der Waals surface area (Å²) in [5, 5.41) is 0. The predicted octanol–water partition coefficient (Wildman–Crippen LogP) is 3.85. The Kier molecular flexibility index (Phi) is 8.98. The number of nitrogens with zero attached hydrogens (tertiary/aromatic N) is 3. The maximum Gasteiger partial charge on any atom is 0.416 e. The van der Waals surface area contributed by atoms with E-state index in [9.17, 15) is 21.6 Å². The number of rotatable bonds is 9. The molecule has 0 aliphatic carbocycles. The van der Waals surface area contributed by atoms with E-state index >= 15 is 0 Å². The summed E-state index contributed by atoms with van der Waals surface area (Å²) in [6, 6.07) is 5.48. The van der Waals surface area contributed by atoms with Crippen LogP contribution in [0.4, 0.5) is 18.9 Å². The molecule has 12 heteroatoms. The molecule has 2 aliphatic rings. The van der Waals surface area contributed by atoms with Crippen LogP contribution in [0.2, 0.25) is 0 Å². The first-order chi connectivity index (χ1) is 18.1. The number of hydrogen-bond donors (Lipinski definition) is 1. The molecule has 2 fully saturated rings. The minimum Gasteiger partial charge on any atom is -0.383 e. The number of halogens is 3. The van der Waals surface area contributed by atoms with Crippen LogP contribution < -0.4 is 9.62 Å². The van der Waals surface area contributed by atoms with E-state index in [1.807, 2.05) is 4.90 Å². The number of benzene rings is 1. The molecular weight excluding hydrogens is 521 g/mol. The Labute approximate surface area is 222 Å². The summed E-state index contributed by atoms with van der Waals surface area (Å²) >= 11 is 0. The SMILES string of the molecule is CCC1(N2CCOCC2)CCN(c2ccc(C(F)(F)F)cc2S(=O)(=O)N[C@@H](COC)c2cccnc2)CC1. The average Bonchev–Trinajstić information content (AvgIpc) is 2.93. The van der Waals surface area contributed by atoms with Gasteiger partial charge in [0.1, 0.15) is 4.90 Å². The quantitative estimate of drug-likeness (QED) is 0.503. The van der Waals surface area contributed by atoms with Crippen molar-refractivity contribution in [2.45, 2.75) is 48.8 Å². The normalized spacial score (nSPS) is 19.9. The molecule has 2 saturated heterocycles. The molecule has 0 radical (unpaired) electrons. The minimum atomic E-state index is -4.69. The van der Waals surface area contributed by atoms with Crippen molar-refractivity contribution in [2.24, 2.45) is 0 Å². The van der Waals surface area contributed by atoms with E-state index in [2.05, 4.69) is 21.5 Å². The Balaban J connectivity index is 1.65. The molecule has 210 valence electrons. The topological polar surface area (TPSA) is 84.0 Å². The van der Waals surface area contributed by atoms with E-state index < -0.39 is 32.7 Å². The van der Waals surface area contributed by atoms with Gasteiger partial charge in [-0.25, -0.2) is 13.1 Å². The number of pyridine rings is 1. The van der Waals surface area contributed by atoms with Crippen molar-refractivity contribution in [3.63, 3.8) is 0 Å². The third-order valence-corrected chi connectivity index (χ3v) is 9.17. The summed E-state index contributed by atoms with van der Waals surface area (Å²) in [4.78, 5) is 7.97. The highest BCUT2D eigenvalue weighted by Crippen LogP contribution is 2.39. The van der Waals surface area contributed by atoms with Crippen LogP contribution in [0, 0.1) is 0 Å². The van der Waals surface area contributed by atoms with Crippen LogP contribution in [0.3, 0.4) is 0 Å². The number of methoxy groups -OCH3 is 1. The molecule has 2 aliphatic heterocycles. The molecule has 8 nitrogen and oxygen atoms in total. The zero-order valence-electron chi connectivity index (χ0n) is 21.7. The molecule has 3 heterocycles. The van der Waals surface area contributed by atoms with Crippen LogP contribution in [0.25, 0.3) is 0 Å². The van der Waals surface area contributed by atoms with Crippen molar-refractivity contribution < 1.29 is 31.1 Å². The maximum atomic E-state index is 13.7. The van der Waals surface area contributed by atoms with Crippen molar-refractivity contribution in [1.29, 1.82) is 0 Å². The first-order valence-corrected chi connectivity index (χ1v) is 14.3. The first kappa shape index (κ1) is 28.8. The Bertz CT molecular complexity index is 1170. The lowest BCUT2D eigenvalue weighted by molar-refractivity contribution is -0.137. The predicted molar refractivity (Wildman–Crippen MR) is 137 cm³/mol. The van der Waals surface area contributed by atoms with Crippen molar-refractivity contribution in [3.8, 4) is 0 Å². The average molecular weight is 557 g/mol. The second-order valence-electron chi connectivity index (χ2n) is 9.76. The molecule has 4 rings (SSSR count). The second-order valence-corrected chi connectivity index (χ2v) is 11.4. The summed E-state index contributed by atoms with van der Waals surface area (Å²) in [5.41, 5.74) is -0.241. The maximum absolute atomic E-state index is 13.7. The number of aromatic nitrogens is 1. The van der Waals surface area contributed by atoms with Gasteiger partial charge in [0.2, 0.25) is 10.0 Å². The molecule has 2 aromatic rings. The van der Waals surface area contributed by atoms with Gasteiger partial charge in [0.15, 0.2) is 0 Å². The highest BCUT2D eigenvalue weighted by Gasteiger charge is 2.40. The standard InChI is InChI=1S/C26H35F3N4O4S/c1-3-25(33-13-15-37-16-14-33)8-11-32(12-9-25)23-7-6-21(26(27,28)29)17-24(23)38(34,35)31-22(19-36-2)20-5-4-10-30-18-20/h4-7,10,17-18,22,31H,3,8-9,11-16,19H2,1-2H3/t22-/m0/s1. The molecule has 0 unspecified atom stereocenters. The van der Waals surface area contributed by atoms with Crippen molar-refractivity contribution in [1.82, 2.24) is 14.6 Å². The number of hydrogen-bond acceptors (Lipinski definition) is 7. The number of nitrogens with one attached hydrogen (secondary N) is 1. The van der Waals surface area contributed by atoms with E-state index in [1.165, 1.54) is 19.4 Å². The van der Waals surface area contributed by atoms with Crippen LogP contribution >= 0.6 is 0 Å². The molecule has 0 bridgehead atoms. The molecule has 0 spiro atoms. The fraction of sp³-hybridized carbons (Fsp3) is 0.577. The van der Waals surface area contributed by atoms with E-state index in [-0.39, 0.29) is 17.8 Å². The van der Waals surface area contributed by atoms with Gasteiger partial charge in [0, 0.05) is 51.2 Å². The zero-order chi connectivity index (χ0) is 27.4. The van der Waals surface area contributed by atoms with E-state index in [4.69, 9.17) is 9.47 Å². The number of alkyl halides is 3. The summed E-state index contributed by atoms with van der Waals surface area (Å²) < 4.78 is 81.6. The Morgan fingerprint density at radius 2 is 1.87 bits per heavy atom. The lowest BCUT2D eigenvalue weighted by Crippen LogP contribution is -2.58. The number of anilines is 1. The largest absolute Gasteiger partial charge is 0.416 e.